The Labute approximate surface area is 153 Å². The van der Waals surface area contributed by atoms with E-state index in [9.17, 15) is 24.1 Å². The molecule has 2 amide bonds. The van der Waals surface area contributed by atoms with E-state index >= 15 is 0 Å². The van der Waals surface area contributed by atoms with Gasteiger partial charge in [-0.05, 0) is 42.8 Å². The zero-order valence-corrected chi connectivity index (χ0v) is 14.2. The Hall–Kier alpha value is -3.75. The summed E-state index contributed by atoms with van der Waals surface area (Å²) in [5.41, 5.74) is 4.71. The van der Waals surface area contributed by atoms with Crippen molar-refractivity contribution >= 4 is 23.6 Å². The van der Waals surface area contributed by atoms with Gasteiger partial charge in [0.2, 0.25) is 0 Å². The highest BCUT2D eigenvalue weighted by Gasteiger charge is 2.15. The summed E-state index contributed by atoms with van der Waals surface area (Å²) in [6, 6.07) is 10.9. The molecular weight excluding hydrogens is 357 g/mol. The predicted molar refractivity (Wildman–Crippen MR) is 94.9 cm³/mol. The van der Waals surface area contributed by atoms with E-state index in [4.69, 9.17) is 4.74 Å². The van der Waals surface area contributed by atoms with Crippen molar-refractivity contribution in [3.63, 3.8) is 0 Å². The largest absolute Gasteiger partial charge is 0.481 e. The van der Waals surface area contributed by atoms with Gasteiger partial charge in [0.1, 0.15) is 11.6 Å². The lowest BCUT2D eigenvalue weighted by Crippen LogP contribution is -2.46. The number of hydrazine groups is 1. The highest BCUT2D eigenvalue weighted by molar-refractivity contribution is 5.93. The van der Waals surface area contributed by atoms with Gasteiger partial charge in [-0.3, -0.25) is 30.6 Å². The third kappa shape index (κ3) is 6.24. The van der Waals surface area contributed by atoms with E-state index in [-0.39, 0.29) is 5.69 Å². The highest BCUT2D eigenvalue weighted by Crippen LogP contribution is 2.14. The van der Waals surface area contributed by atoms with Gasteiger partial charge >= 0.3 is 0 Å². The number of carbonyl (C=O) groups is 2. The van der Waals surface area contributed by atoms with Crippen LogP contribution in [0.2, 0.25) is 0 Å². The molecule has 0 heterocycles. The number of hydrogen-bond donors (Lipinski definition) is 2. The standard InChI is InChI=1S/C18H16FN3O5/c1-12(27-16-8-6-14(19)7-9-16)18(24)21-20-17(23)10-5-13-3-2-4-15(11-13)22(25)26/h2-12H,1H3,(H,20,23)(H,21,24)/b10-5+/t12-/m0/s1. The number of rotatable bonds is 6. The second kappa shape index (κ2) is 9.09. The molecule has 2 rings (SSSR count). The van der Waals surface area contributed by atoms with Gasteiger partial charge in [0.05, 0.1) is 4.92 Å². The Bertz CT molecular complexity index is 868. The summed E-state index contributed by atoms with van der Waals surface area (Å²) in [4.78, 5) is 33.8. The number of non-ortho nitro benzene ring substituents is 1. The molecule has 0 fully saturated rings. The molecule has 0 aliphatic carbocycles. The molecule has 9 heteroatoms. The van der Waals surface area contributed by atoms with Crippen LogP contribution in [0.25, 0.3) is 6.08 Å². The maximum absolute atomic E-state index is 12.8. The minimum Gasteiger partial charge on any atom is -0.481 e. The van der Waals surface area contributed by atoms with Crippen molar-refractivity contribution < 1.29 is 23.6 Å². The summed E-state index contributed by atoms with van der Waals surface area (Å²) in [6.07, 6.45) is 1.55. The van der Waals surface area contributed by atoms with Gasteiger partial charge in [0.25, 0.3) is 17.5 Å². The minimum atomic E-state index is -0.934. The monoisotopic (exact) mass is 373 g/mol. The molecule has 0 unspecified atom stereocenters. The fraction of sp³-hybridized carbons (Fsp3) is 0.111. The minimum absolute atomic E-state index is 0.0994. The van der Waals surface area contributed by atoms with Crippen molar-refractivity contribution in [2.75, 3.05) is 0 Å². The molecule has 0 saturated heterocycles. The molecule has 0 radical (unpaired) electrons. The summed E-state index contributed by atoms with van der Waals surface area (Å²) in [7, 11) is 0. The number of halogens is 1. The number of nitro benzene ring substituents is 1. The molecule has 27 heavy (non-hydrogen) atoms. The first kappa shape index (κ1) is 19.6. The van der Waals surface area contributed by atoms with Crippen LogP contribution in [0.1, 0.15) is 12.5 Å². The van der Waals surface area contributed by atoms with E-state index in [2.05, 4.69) is 10.9 Å². The van der Waals surface area contributed by atoms with Crippen LogP contribution in [-0.4, -0.2) is 22.8 Å². The molecule has 0 aromatic heterocycles. The zero-order valence-electron chi connectivity index (χ0n) is 14.2. The van der Waals surface area contributed by atoms with Gasteiger partial charge in [-0.25, -0.2) is 4.39 Å². The quantitative estimate of drug-likeness (QED) is 0.459. The third-order valence-electron chi connectivity index (χ3n) is 3.31. The van der Waals surface area contributed by atoms with E-state index in [1.165, 1.54) is 55.5 Å². The van der Waals surface area contributed by atoms with E-state index < -0.39 is 28.7 Å². The van der Waals surface area contributed by atoms with Crippen molar-refractivity contribution in [1.29, 1.82) is 0 Å². The van der Waals surface area contributed by atoms with Crippen LogP contribution in [0, 0.1) is 15.9 Å². The Balaban J connectivity index is 1.83. The number of nitro groups is 1. The lowest BCUT2D eigenvalue weighted by molar-refractivity contribution is -0.384. The lowest BCUT2D eigenvalue weighted by atomic mass is 10.2. The molecule has 0 spiro atoms. The van der Waals surface area contributed by atoms with Crippen molar-refractivity contribution in [2.45, 2.75) is 13.0 Å². The summed E-state index contributed by atoms with van der Waals surface area (Å²) < 4.78 is 18.1. The molecule has 0 bridgehead atoms. The molecule has 8 nitrogen and oxygen atoms in total. The van der Waals surface area contributed by atoms with E-state index in [0.29, 0.717) is 11.3 Å². The number of ether oxygens (including phenoxy) is 1. The summed E-state index contributed by atoms with van der Waals surface area (Å²) in [5.74, 6) is -1.38. The van der Waals surface area contributed by atoms with Crippen LogP contribution in [0.15, 0.2) is 54.6 Å². The normalized spacial score (nSPS) is 11.6. The Kier molecular flexibility index (Phi) is 6.59. The highest BCUT2D eigenvalue weighted by atomic mass is 19.1. The zero-order chi connectivity index (χ0) is 19.8. The van der Waals surface area contributed by atoms with Gasteiger partial charge < -0.3 is 4.74 Å². The van der Waals surface area contributed by atoms with Crippen molar-refractivity contribution in [2.24, 2.45) is 0 Å². The summed E-state index contributed by atoms with van der Waals surface area (Å²) in [6.45, 7) is 1.46. The second-order valence-corrected chi connectivity index (χ2v) is 5.38. The summed E-state index contributed by atoms with van der Waals surface area (Å²) in [5, 5.41) is 10.7. The molecule has 1 atom stereocenters. The van der Waals surface area contributed by atoms with Crippen LogP contribution in [0.5, 0.6) is 5.75 Å². The van der Waals surface area contributed by atoms with Crippen LogP contribution in [0.4, 0.5) is 10.1 Å². The lowest BCUT2D eigenvalue weighted by Gasteiger charge is -2.14. The van der Waals surface area contributed by atoms with Gasteiger partial charge in [-0.2, -0.15) is 0 Å². The Morgan fingerprint density at radius 2 is 1.89 bits per heavy atom. The third-order valence-corrected chi connectivity index (χ3v) is 3.31. The van der Waals surface area contributed by atoms with Crippen LogP contribution >= 0.6 is 0 Å². The maximum atomic E-state index is 12.8. The van der Waals surface area contributed by atoms with Crippen LogP contribution < -0.4 is 15.6 Å². The Morgan fingerprint density at radius 1 is 1.19 bits per heavy atom. The number of hydrogen-bond acceptors (Lipinski definition) is 5. The first-order valence-corrected chi connectivity index (χ1v) is 7.80. The van der Waals surface area contributed by atoms with Crippen LogP contribution in [-0.2, 0) is 9.59 Å². The average Bonchev–Trinajstić information content (AvgIpc) is 2.66. The molecule has 140 valence electrons. The van der Waals surface area contributed by atoms with Crippen molar-refractivity contribution in [1.82, 2.24) is 10.9 Å². The summed E-state index contributed by atoms with van der Waals surface area (Å²) >= 11 is 0. The average molecular weight is 373 g/mol. The van der Waals surface area contributed by atoms with Crippen molar-refractivity contribution in [3.8, 4) is 5.75 Å². The van der Waals surface area contributed by atoms with E-state index in [1.807, 2.05) is 0 Å². The molecule has 2 aromatic carbocycles. The number of nitrogens with one attached hydrogen (secondary N) is 2. The molecule has 2 N–H and O–H groups in total. The second-order valence-electron chi connectivity index (χ2n) is 5.38. The van der Waals surface area contributed by atoms with Gasteiger partial charge in [-0.1, -0.05) is 12.1 Å². The molecular formula is C18H16FN3O5. The van der Waals surface area contributed by atoms with Crippen LogP contribution in [0.3, 0.4) is 0 Å². The number of benzene rings is 2. The predicted octanol–water partition coefficient (Wildman–Crippen LogP) is 2.36. The number of carbonyl (C=O) groups excluding carboxylic acids is 2. The Morgan fingerprint density at radius 3 is 2.56 bits per heavy atom. The molecule has 0 aliphatic heterocycles. The fourth-order valence-electron chi connectivity index (χ4n) is 1.95. The van der Waals surface area contributed by atoms with E-state index in [1.54, 1.807) is 6.07 Å². The maximum Gasteiger partial charge on any atom is 0.279 e. The molecule has 2 aromatic rings. The number of amides is 2. The van der Waals surface area contributed by atoms with Crippen molar-refractivity contribution in [3.05, 3.63) is 76.1 Å². The topological polar surface area (TPSA) is 111 Å². The first-order valence-electron chi connectivity index (χ1n) is 7.80. The van der Waals surface area contributed by atoms with Gasteiger partial charge in [0.15, 0.2) is 6.10 Å². The first-order chi connectivity index (χ1) is 12.8. The molecule has 0 saturated carbocycles. The van der Waals surface area contributed by atoms with Gasteiger partial charge in [0, 0.05) is 18.2 Å². The van der Waals surface area contributed by atoms with E-state index in [0.717, 1.165) is 6.08 Å². The smallest absolute Gasteiger partial charge is 0.279 e. The number of nitrogens with zero attached hydrogens (tertiary/aromatic N) is 1. The van der Waals surface area contributed by atoms with Gasteiger partial charge in [-0.15, -0.1) is 0 Å². The molecule has 0 aliphatic rings. The SMILES string of the molecule is C[C@H](Oc1ccc(F)cc1)C(=O)NNC(=O)/C=C/c1cccc([N+](=O)[O-])c1. The fourth-order valence-corrected chi connectivity index (χ4v) is 1.95.